The zero-order chi connectivity index (χ0) is 31.2. The Morgan fingerprint density at radius 2 is 1.31 bits per heavy atom. The highest BCUT2D eigenvalue weighted by Gasteiger charge is 2.41. The van der Waals surface area contributed by atoms with Gasteiger partial charge in [0.2, 0.25) is 5.91 Å². The van der Waals surface area contributed by atoms with Gasteiger partial charge >= 0.3 is 12.4 Å². The molecule has 0 saturated heterocycles. The van der Waals surface area contributed by atoms with Gasteiger partial charge in [0.1, 0.15) is 0 Å². The third-order valence-electron chi connectivity index (χ3n) is 7.04. The lowest BCUT2D eigenvalue weighted by atomic mass is 9.81. The lowest BCUT2D eigenvalue weighted by Gasteiger charge is -2.32. The minimum Gasteiger partial charge on any atom is -0.313 e. The van der Waals surface area contributed by atoms with E-state index in [0.717, 1.165) is 22.6 Å². The van der Waals surface area contributed by atoms with Crippen LogP contribution in [0.4, 0.5) is 40.8 Å². The standard InChI is InChI=1S/C31H24F8N2O/c1-17-7-5-6-8-22(17)23-15-26(18-9-10-24(32)25(33)11-18)40-16-27(23)41(4)28(42)29(2,3)19-12-20(30(34,35)36)14-21(13-19)31(37,38)39/h5-16H,1-4H3. The fourth-order valence-corrected chi connectivity index (χ4v) is 4.59. The highest BCUT2D eigenvalue weighted by atomic mass is 19.4. The monoisotopic (exact) mass is 592 g/mol. The summed E-state index contributed by atoms with van der Waals surface area (Å²) in [5.41, 5.74) is -2.89. The van der Waals surface area contributed by atoms with Crippen molar-refractivity contribution >= 4 is 11.6 Å². The number of halogens is 8. The van der Waals surface area contributed by atoms with Gasteiger partial charge in [-0.2, -0.15) is 26.3 Å². The molecule has 220 valence electrons. The molecule has 1 aromatic heterocycles. The van der Waals surface area contributed by atoms with E-state index in [4.69, 9.17) is 0 Å². The van der Waals surface area contributed by atoms with Crippen LogP contribution in [0.25, 0.3) is 22.4 Å². The van der Waals surface area contributed by atoms with Crippen LogP contribution in [0.1, 0.15) is 36.1 Å². The van der Waals surface area contributed by atoms with Crippen LogP contribution in [-0.2, 0) is 22.6 Å². The first-order valence-corrected chi connectivity index (χ1v) is 12.5. The summed E-state index contributed by atoms with van der Waals surface area (Å²) in [4.78, 5) is 19.3. The van der Waals surface area contributed by atoms with Gasteiger partial charge in [0.15, 0.2) is 11.6 Å². The van der Waals surface area contributed by atoms with Crippen LogP contribution in [0.5, 0.6) is 0 Å². The number of likely N-dealkylation sites (N-methyl/N-ethyl adjacent to an activating group) is 1. The van der Waals surface area contributed by atoms with Crippen molar-refractivity contribution in [2.45, 2.75) is 38.5 Å². The number of anilines is 1. The minimum absolute atomic E-state index is 0.00494. The number of rotatable bonds is 5. The van der Waals surface area contributed by atoms with E-state index in [1.54, 1.807) is 37.3 Å². The van der Waals surface area contributed by atoms with Crippen LogP contribution in [0.15, 0.2) is 72.9 Å². The Kier molecular flexibility index (Phi) is 7.92. The fourth-order valence-electron chi connectivity index (χ4n) is 4.59. The van der Waals surface area contributed by atoms with Crippen molar-refractivity contribution in [1.29, 1.82) is 0 Å². The van der Waals surface area contributed by atoms with Crippen molar-refractivity contribution in [3.8, 4) is 22.4 Å². The number of hydrogen-bond donors (Lipinski definition) is 0. The predicted octanol–water partition coefficient (Wildman–Crippen LogP) is 8.98. The summed E-state index contributed by atoms with van der Waals surface area (Å²) < 4.78 is 109. The van der Waals surface area contributed by atoms with Crippen LogP contribution in [0, 0.1) is 18.6 Å². The number of alkyl halides is 6. The van der Waals surface area contributed by atoms with E-state index >= 15 is 0 Å². The molecule has 0 aliphatic rings. The Morgan fingerprint density at radius 3 is 1.86 bits per heavy atom. The fraction of sp³-hybridized carbons (Fsp3) is 0.226. The predicted molar refractivity (Wildman–Crippen MR) is 143 cm³/mol. The number of carbonyl (C=O) groups is 1. The Labute approximate surface area is 236 Å². The number of hydrogen-bond acceptors (Lipinski definition) is 2. The van der Waals surface area contributed by atoms with E-state index in [2.05, 4.69) is 4.98 Å². The normalized spacial score (nSPS) is 12.4. The number of amides is 1. The van der Waals surface area contributed by atoms with Crippen molar-refractivity contribution in [2.24, 2.45) is 0 Å². The summed E-state index contributed by atoms with van der Waals surface area (Å²) in [7, 11) is 1.33. The third kappa shape index (κ3) is 6.00. The molecular weight excluding hydrogens is 568 g/mol. The van der Waals surface area contributed by atoms with Gasteiger partial charge < -0.3 is 4.90 Å². The molecular formula is C31H24F8N2O. The van der Waals surface area contributed by atoms with Gasteiger partial charge in [-0.05, 0) is 79.9 Å². The van der Waals surface area contributed by atoms with Gasteiger partial charge in [-0.15, -0.1) is 0 Å². The molecule has 1 heterocycles. The van der Waals surface area contributed by atoms with Crippen LogP contribution in [-0.4, -0.2) is 17.9 Å². The first-order valence-electron chi connectivity index (χ1n) is 12.5. The van der Waals surface area contributed by atoms with E-state index in [-0.39, 0.29) is 23.0 Å². The van der Waals surface area contributed by atoms with Gasteiger partial charge in [-0.3, -0.25) is 9.78 Å². The van der Waals surface area contributed by atoms with Gasteiger partial charge in [0, 0.05) is 18.2 Å². The molecule has 42 heavy (non-hydrogen) atoms. The van der Waals surface area contributed by atoms with Gasteiger partial charge in [0.25, 0.3) is 0 Å². The highest BCUT2D eigenvalue weighted by molar-refractivity contribution is 6.03. The van der Waals surface area contributed by atoms with Crippen molar-refractivity contribution in [3.05, 3.63) is 107 Å². The van der Waals surface area contributed by atoms with Crippen LogP contribution in [0.3, 0.4) is 0 Å². The minimum atomic E-state index is -5.08. The van der Waals surface area contributed by atoms with E-state index in [0.29, 0.717) is 23.3 Å². The number of nitrogens with zero attached hydrogens (tertiary/aromatic N) is 2. The maximum absolute atomic E-state index is 14.0. The molecule has 3 nitrogen and oxygen atoms in total. The average Bonchev–Trinajstić information content (AvgIpc) is 2.92. The van der Waals surface area contributed by atoms with Crippen molar-refractivity contribution in [2.75, 3.05) is 11.9 Å². The molecule has 0 saturated carbocycles. The smallest absolute Gasteiger partial charge is 0.313 e. The van der Waals surface area contributed by atoms with Crippen LogP contribution >= 0.6 is 0 Å². The van der Waals surface area contributed by atoms with E-state index in [1.165, 1.54) is 33.2 Å². The Hall–Kier alpha value is -4.28. The third-order valence-corrected chi connectivity index (χ3v) is 7.04. The molecule has 0 unspecified atom stereocenters. The van der Waals surface area contributed by atoms with E-state index in [9.17, 15) is 39.9 Å². The summed E-state index contributed by atoms with van der Waals surface area (Å²) in [6, 6.07) is 12.9. The molecule has 3 aromatic carbocycles. The SMILES string of the molecule is Cc1ccccc1-c1cc(-c2ccc(F)c(F)c2)ncc1N(C)C(=O)C(C)(C)c1cc(C(F)(F)F)cc(C(F)(F)F)c1. The maximum Gasteiger partial charge on any atom is 0.416 e. The largest absolute Gasteiger partial charge is 0.416 e. The van der Waals surface area contributed by atoms with Crippen LogP contribution < -0.4 is 4.90 Å². The molecule has 11 heteroatoms. The summed E-state index contributed by atoms with van der Waals surface area (Å²) in [5, 5.41) is 0. The zero-order valence-electron chi connectivity index (χ0n) is 22.8. The lowest BCUT2D eigenvalue weighted by Crippen LogP contribution is -2.42. The van der Waals surface area contributed by atoms with Crippen molar-refractivity contribution in [3.63, 3.8) is 0 Å². The summed E-state index contributed by atoms with van der Waals surface area (Å²) >= 11 is 0. The van der Waals surface area contributed by atoms with Gasteiger partial charge in [-0.1, -0.05) is 24.3 Å². The molecule has 0 aliphatic carbocycles. The molecule has 0 fully saturated rings. The van der Waals surface area contributed by atoms with Crippen molar-refractivity contribution < 1.29 is 39.9 Å². The molecule has 1 amide bonds. The molecule has 4 aromatic rings. The first-order chi connectivity index (χ1) is 19.4. The average molecular weight is 593 g/mol. The van der Waals surface area contributed by atoms with Gasteiger partial charge in [-0.25, -0.2) is 8.78 Å². The quantitative estimate of drug-likeness (QED) is 0.217. The Balaban J connectivity index is 1.85. The maximum atomic E-state index is 14.0. The summed E-state index contributed by atoms with van der Waals surface area (Å²) in [5.74, 6) is -2.96. The molecule has 0 spiro atoms. The molecule has 0 atom stereocenters. The molecule has 0 bridgehead atoms. The van der Waals surface area contributed by atoms with Crippen LogP contribution in [0.2, 0.25) is 0 Å². The lowest BCUT2D eigenvalue weighted by molar-refractivity contribution is -0.143. The summed E-state index contributed by atoms with van der Waals surface area (Å²) in [6.07, 6.45) is -8.88. The number of benzene rings is 3. The highest BCUT2D eigenvalue weighted by Crippen LogP contribution is 2.41. The molecule has 0 aliphatic heterocycles. The molecule has 0 radical (unpaired) electrons. The summed E-state index contributed by atoms with van der Waals surface area (Å²) in [6.45, 7) is 4.26. The van der Waals surface area contributed by atoms with E-state index < -0.39 is 52.0 Å². The number of carbonyl (C=O) groups excluding carboxylic acids is 1. The first kappa shape index (κ1) is 30.7. The van der Waals surface area contributed by atoms with Crippen molar-refractivity contribution in [1.82, 2.24) is 4.98 Å². The Bertz CT molecular complexity index is 1630. The second-order valence-electron chi connectivity index (χ2n) is 10.3. The number of aryl methyl sites for hydroxylation is 1. The topological polar surface area (TPSA) is 33.2 Å². The zero-order valence-corrected chi connectivity index (χ0v) is 22.8. The Morgan fingerprint density at radius 1 is 0.738 bits per heavy atom. The molecule has 0 N–H and O–H groups in total. The number of pyridine rings is 1. The second-order valence-corrected chi connectivity index (χ2v) is 10.3. The second kappa shape index (κ2) is 10.8. The van der Waals surface area contributed by atoms with E-state index in [1.807, 2.05) is 0 Å². The molecule has 4 rings (SSSR count). The number of aromatic nitrogens is 1. The van der Waals surface area contributed by atoms with Gasteiger partial charge in [0.05, 0.1) is 34.1 Å².